The molecule has 0 radical (unpaired) electrons. The van der Waals surface area contributed by atoms with Crippen molar-refractivity contribution in [1.82, 2.24) is 10.3 Å². The van der Waals surface area contributed by atoms with Gasteiger partial charge in [0.2, 0.25) is 0 Å². The van der Waals surface area contributed by atoms with E-state index in [1.165, 1.54) is 26.8 Å². The summed E-state index contributed by atoms with van der Waals surface area (Å²) < 4.78 is 1.31. The fraction of sp³-hybridized carbons (Fsp3) is 0.462. The highest BCUT2D eigenvalue weighted by atomic mass is 32.2. The zero-order valence-electron chi connectivity index (χ0n) is 9.90. The summed E-state index contributed by atoms with van der Waals surface area (Å²) in [5, 5.41) is 4.84. The van der Waals surface area contributed by atoms with Crippen molar-refractivity contribution in [3.8, 4) is 0 Å². The lowest BCUT2D eigenvalue weighted by Crippen LogP contribution is -2.38. The van der Waals surface area contributed by atoms with E-state index >= 15 is 0 Å². The van der Waals surface area contributed by atoms with Gasteiger partial charge in [0, 0.05) is 30.5 Å². The van der Waals surface area contributed by atoms with E-state index in [4.69, 9.17) is 4.98 Å². The number of benzene rings is 1. The molecule has 2 heterocycles. The maximum Gasteiger partial charge on any atom is 0.0954 e. The monoisotopic (exact) mass is 264 g/mol. The van der Waals surface area contributed by atoms with Crippen LogP contribution in [0.4, 0.5) is 0 Å². The molecule has 1 fully saturated rings. The van der Waals surface area contributed by atoms with E-state index in [0.29, 0.717) is 6.04 Å². The number of rotatable bonds is 2. The Morgan fingerprint density at radius 1 is 1.47 bits per heavy atom. The molecule has 1 N–H and O–H groups in total. The molecule has 1 aromatic heterocycles. The molecule has 1 unspecified atom stereocenters. The molecule has 1 saturated heterocycles. The molecule has 1 atom stereocenters. The Hall–Kier alpha value is -0.580. The number of hydrogen-bond donors (Lipinski definition) is 1. The van der Waals surface area contributed by atoms with Gasteiger partial charge in [0.25, 0.3) is 0 Å². The summed E-state index contributed by atoms with van der Waals surface area (Å²) in [7, 11) is 0. The second kappa shape index (κ2) is 4.96. The van der Waals surface area contributed by atoms with Crippen LogP contribution >= 0.6 is 23.1 Å². The first-order valence-corrected chi connectivity index (χ1v) is 7.95. The van der Waals surface area contributed by atoms with Gasteiger partial charge in [0.15, 0.2) is 0 Å². The molecule has 1 aromatic carbocycles. The summed E-state index contributed by atoms with van der Waals surface area (Å²) in [5.41, 5.74) is 2.45. The third kappa shape index (κ3) is 2.64. The van der Waals surface area contributed by atoms with Crippen molar-refractivity contribution < 1.29 is 0 Å². The number of fused-ring (bicyclic) bond motifs is 1. The van der Waals surface area contributed by atoms with Gasteiger partial charge in [-0.2, -0.15) is 11.8 Å². The Bertz CT molecular complexity index is 515. The summed E-state index contributed by atoms with van der Waals surface area (Å²) in [5.74, 6) is 2.46. The van der Waals surface area contributed by atoms with Crippen molar-refractivity contribution in [2.24, 2.45) is 0 Å². The van der Waals surface area contributed by atoms with Crippen LogP contribution in [0.25, 0.3) is 10.2 Å². The molecule has 0 aliphatic carbocycles. The average Bonchev–Trinajstić information content (AvgIpc) is 2.71. The van der Waals surface area contributed by atoms with E-state index < -0.39 is 0 Å². The zero-order chi connectivity index (χ0) is 11.7. The molecule has 0 bridgehead atoms. The van der Waals surface area contributed by atoms with E-state index in [2.05, 4.69) is 30.4 Å². The molecular formula is C13H16N2S2. The van der Waals surface area contributed by atoms with E-state index in [1.807, 2.05) is 23.1 Å². The Labute approximate surface area is 110 Å². The summed E-state index contributed by atoms with van der Waals surface area (Å²) >= 11 is 3.89. The van der Waals surface area contributed by atoms with Crippen molar-refractivity contribution in [3.05, 3.63) is 28.8 Å². The number of nitrogens with zero attached hydrogens (tertiary/aromatic N) is 1. The first-order chi connectivity index (χ1) is 8.31. The van der Waals surface area contributed by atoms with Crippen molar-refractivity contribution in [2.75, 3.05) is 18.1 Å². The predicted molar refractivity (Wildman–Crippen MR) is 77.2 cm³/mol. The fourth-order valence-electron chi connectivity index (χ4n) is 2.13. The highest BCUT2D eigenvalue weighted by molar-refractivity contribution is 7.99. The summed E-state index contributed by atoms with van der Waals surface area (Å²) in [6, 6.07) is 7.14. The van der Waals surface area contributed by atoms with E-state index in [-0.39, 0.29) is 0 Å². The molecule has 0 amide bonds. The number of aryl methyl sites for hydroxylation is 1. The molecule has 2 aromatic rings. The molecule has 4 heteroatoms. The maximum atomic E-state index is 4.74. The molecule has 1 aliphatic heterocycles. The van der Waals surface area contributed by atoms with Crippen LogP contribution < -0.4 is 5.32 Å². The van der Waals surface area contributed by atoms with Crippen LogP contribution in [0.5, 0.6) is 0 Å². The molecule has 0 spiro atoms. The molecule has 90 valence electrons. The van der Waals surface area contributed by atoms with Gasteiger partial charge in [-0.25, -0.2) is 4.98 Å². The number of thiazole rings is 1. The summed E-state index contributed by atoms with van der Waals surface area (Å²) in [6.07, 6.45) is 1.07. The van der Waals surface area contributed by atoms with Crippen LogP contribution in [0, 0.1) is 6.92 Å². The van der Waals surface area contributed by atoms with E-state index in [1.54, 1.807) is 0 Å². The number of hydrogen-bond acceptors (Lipinski definition) is 4. The van der Waals surface area contributed by atoms with Crippen molar-refractivity contribution in [2.45, 2.75) is 19.4 Å². The molecule has 3 rings (SSSR count). The fourth-order valence-corrected chi connectivity index (χ4v) is 4.11. The van der Waals surface area contributed by atoms with Gasteiger partial charge in [0.1, 0.15) is 0 Å². The molecular weight excluding hydrogens is 248 g/mol. The Balaban J connectivity index is 1.80. The van der Waals surface area contributed by atoms with Crippen LogP contribution in [-0.2, 0) is 6.42 Å². The quantitative estimate of drug-likeness (QED) is 0.903. The van der Waals surface area contributed by atoms with Crippen LogP contribution in [0.2, 0.25) is 0 Å². The van der Waals surface area contributed by atoms with Gasteiger partial charge in [-0.3, -0.25) is 0 Å². The highest BCUT2D eigenvalue weighted by Crippen LogP contribution is 2.24. The standard InChI is InChI=1S/C13H16N2S2/c1-9-2-3-12-11(6-9)15-13(17-12)7-10-8-16-5-4-14-10/h2-3,6,10,14H,4-5,7-8H2,1H3. The van der Waals surface area contributed by atoms with Crippen LogP contribution in [-0.4, -0.2) is 29.1 Å². The van der Waals surface area contributed by atoms with Gasteiger partial charge in [-0.15, -0.1) is 11.3 Å². The molecule has 0 saturated carbocycles. The third-order valence-electron chi connectivity index (χ3n) is 3.01. The molecule has 1 aliphatic rings. The van der Waals surface area contributed by atoms with Gasteiger partial charge >= 0.3 is 0 Å². The number of aromatic nitrogens is 1. The lowest BCUT2D eigenvalue weighted by molar-refractivity contribution is 0.562. The zero-order valence-corrected chi connectivity index (χ0v) is 11.5. The van der Waals surface area contributed by atoms with Gasteiger partial charge in [-0.1, -0.05) is 6.07 Å². The number of thioether (sulfide) groups is 1. The topological polar surface area (TPSA) is 24.9 Å². The molecule has 2 nitrogen and oxygen atoms in total. The van der Waals surface area contributed by atoms with Gasteiger partial charge in [-0.05, 0) is 24.6 Å². The van der Waals surface area contributed by atoms with Crippen LogP contribution in [0.3, 0.4) is 0 Å². The lowest BCUT2D eigenvalue weighted by atomic mass is 10.2. The van der Waals surface area contributed by atoms with Gasteiger partial charge in [0.05, 0.1) is 15.2 Å². The highest BCUT2D eigenvalue weighted by Gasteiger charge is 2.15. The number of nitrogens with one attached hydrogen (secondary N) is 1. The maximum absolute atomic E-state index is 4.74. The van der Waals surface area contributed by atoms with E-state index in [0.717, 1.165) is 18.5 Å². The van der Waals surface area contributed by atoms with Crippen LogP contribution in [0.15, 0.2) is 18.2 Å². The Morgan fingerprint density at radius 3 is 3.24 bits per heavy atom. The summed E-state index contributed by atoms with van der Waals surface area (Å²) in [6.45, 7) is 3.26. The Morgan fingerprint density at radius 2 is 2.41 bits per heavy atom. The lowest BCUT2D eigenvalue weighted by Gasteiger charge is -2.21. The van der Waals surface area contributed by atoms with E-state index in [9.17, 15) is 0 Å². The predicted octanol–water partition coefficient (Wildman–Crippen LogP) is 2.85. The van der Waals surface area contributed by atoms with Gasteiger partial charge < -0.3 is 5.32 Å². The SMILES string of the molecule is Cc1ccc2sc(CC3CSCCN3)nc2c1. The largest absolute Gasteiger partial charge is 0.312 e. The summed E-state index contributed by atoms with van der Waals surface area (Å²) in [4.78, 5) is 4.74. The van der Waals surface area contributed by atoms with Crippen molar-refractivity contribution in [1.29, 1.82) is 0 Å². The van der Waals surface area contributed by atoms with Crippen LogP contribution in [0.1, 0.15) is 10.6 Å². The minimum absolute atomic E-state index is 0.607. The first-order valence-electron chi connectivity index (χ1n) is 5.98. The minimum atomic E-state index is 0.607. The minimum Gasteiger partial charge on any atom is -0.312 e. The normalized spacial score (nSPS) is 20.9. The smallest absolute Gasteiger partial charge is 0.0954 e. The second-order valence-corrected chi connectivity index (χ2v) is 6.77. The van der Waals surface area contributed by atoms with Crippen molar-refractivity contribution >= 4 is 33.3 Å². The third-order valence-corrected chi connectivity index (χ3v) is 5.20. The van der Waals surface area contributed by atoms with Crippen molar-refractivity contribution in [3.63, 3.8) is 0 Å². The first kappa shape index (κ1) is 11.5. The molecule has 17 heavy (non-hydrogen) atoms. The second-order valence-electron chi connectivity index (χ2n) is 4.51. The Kier molecular flexibility index (Phi) is 3.36. The average molecular weight is 264 g/mol.